The molecule has 0 aliphatic rings. The molecule has 5 heteroatoms. The van der Waals surface area contributed by atoms with Crippen LogP contribution < -0.4 is 19.5 Å². The summed E-state index contributed by atoms with van der Waals surface area (Å²) in [4.78, 5) is 12.6. The van der Waals surface area contributed by atoms with Crippen LogP contribution in [0.5, 0.6) is 17.2 Å². The molecule has 0 saturated heterocycles. The summed E-state index contributed by atoms with van der Waals surface area (Å²) in [5.74, 6) is 1.73. The number of hydrogen-bond acceptors (Lipinski definition) is 4. The van der Waals surface area contributed by atoms with Gasteiger partial charge in [-0.2, -0.15) is 0 Å². The minimum Gasteiger partial charge on any atom is -0.497 e. The van der Waals surface area contributed by atoms with Crippen LogP contribution in [0.2, 0.25) is 0 Å². The van der Waals surface area contributed by atoms with Crippen molar-refractivity contribution >= 4 is 5.91 Å². The normalized spacial score (nSPS) is 11.5. The number of carbonyl (C=O) groups is 1. The highest BCUT2D eigenvalue weighted by atomic mass is 16.5. The van der Waals surface area contributed by atoms with E-state index in [-0.39, 0.29) is 11.9 Å². The Hall–Kier alpha value is -2.69. The number of hydrogen-bond donors (Lipinski definition) is 1. The molecule has 2 rings (SSSR count). The monoisotopic (exact) mass is 329 g/mol. The van der Waals surface area contributed by atoms with Gasteiger partial charge in [-0.1, -0.05) is 19.1 Å². The molecule has 1 amide bonds. The number of carbonyl (C=O) groups excluding carboxylic acids is 1. The summed E-state index contributed by atoms with van der Waals surface area (Å²) < 4.78 is 15.6. The molecule has 0 bridgehead atoms. The van der Waals surface area contributed by atoms with Gasteiger partial charge in [0, 0.05) is 6.07 Å². The number of ether oxygens (including phenoxy) is 3. The van der Waals surface area contributed by atoms with Crippen molar-refractivity contribution in [1.29, 1.82) is 0 Å². The van der Waals surface area contributed by atoms with Crippen LogP contribution >= 0.6 is 0 Å². The molecule has 0 radical (unpaired) electrons. The minimum absolute atomic E-state index is 0.0878. The molecule has 0 heterocycles. The van der Waals surface area contributed by atoms with Gasteiger partial charge in [0.2, 0.25) is 0 Å². The van der Waals surface area contributed by atoms with Crippen molar-refractivity contribution in [3.05, 3.63) is 53.6 Å². The van der Waals surface area contributed by atoms with Gasteiger partial charge in [-0.05, 0) is 36.2 Å². The first-order valence-corrected chi connectivity index (χ1v) is 7.79. The van der Waals surface area contributed by atoms with E-state index in [0.717, 1.165) is 17.7 Å². The lowest BCUT2D eigenvalue weighted by molar-refractivity contribution is 0.0932. The molecule has 24 heavy (non-hydrogen) atoms. The van der Waals surface area contributed by atoms with Crippen molar-refractivity contribution in [1.82, 2.24) is 5.32 Å². The predicted octanol–water partition coefficient (Wildman–Crippen LogP) is 3.59. The quantitative estimate of drug-likeness (QED) is 0.843. The third kappa shape index (κ3) is 3.98. The molecular weight excluding hydrogens is 306 g/mol. The molecule has 0 aliphatic carbocycles. The van der Waals surface area contributed by atoms with Crippen LogP contribution in [0.15, 0.2) is 42.5 Å². The molecule has 1 N–H and O–H groups in total. The first-order chi connectivity index (χ1) is 11.6. The summed E-state index contributed by atoms with van der Waals surface area (Å²) in [5, 5.41) is 3.05. The van der Waals surface area contributed by atoms with Crippen molar-refractivity contribution < 1.29 is 19.0 Å². The van der Waals surface area contributed by atoms with Gasteiger partial charge in [-0.15, -0.1) is 0 Å². The Kier molecular flexibility index (Phi) is 6.07. The SMILES string of the molecule is CCC(NC(=O)c1ccc(OC)cc1OC)c1ccc(OC)cc1. The second-order valence-corrected chi connectivity index (χ2v) is 5.27. The molecule has 128 valence electrons. The molecule has 1 unspecified atom stereocenters. The summed E-state index contributed by atoms with van der Waals surface area (Å²) in [7, 11) is 4.74. The smallest absolute Gasteiger partial charge is 0.255 e. The molecule has 0 spiro atoms. The fraction of sp³-hybridized carbons (Fsp3) is 0.316. The number of benzene rings is 2. The number of amides is 1. The Morgan fingerprint density at radius 1 is 0.958 bits per heavy atom. The minimum atomic E-state index is -0.183. The van der Waals surface area contributed by atoms with Crippen LogP contribution in [0.1, 0.15) is 35.3 Å². The highest BCUT2D eigenvalue weighted by Gasteiger charge is 2.18. The lowest BCUT2D eigenvalue weighted by atomic mass is 10.0. The van der Waals surface area contributed by atoms with E-state index in [1.807, 2.05) is 31.2 Å². The number of nitrogens with one attached hydrogen (secondary N) is 1. The van der Waals surface area contributed by atoms with Crippen LogP contribution in [0.3, 0.4) is 0 Å². The van der Waals surface area contributed by atoms with Crippen LogP contribution in [-0.2, 0) is 0 Å². The highest BCUT2D eigenvalue weighted by molar-refractivity contribution is 5.97. The zero-order valence-corrected chi connectivity index (χ0v) is 14.5. The summed E-state index contributed by atoms with van der Waals surface area (Å²) in [5.41, 5.74) is 1.50. The summed E-state index contributed by atoms with van der Waals surface area (Å²) >= 11 is 0. The number of methoxy groups -OCH3 is 3. The standard InChI is InChI=1S/C19H23NO4/c1-5-17(13-6-8-14(22-2)9-7-13)20-19(21)16-11-10-15(23-3)12-18(16)24-4/h6-12,17H,5H2,1-4H3,(H,20,21). The van der Waals surface area contributed by atoms with Gasteiger partial charge in [0.15, 0.2) is 0 Å². The van der Waals surface area contributed by atoms with E-state index < -0.39 is 0 Å². The van der Waals surface area contributed by atoms with Crippen LogP contribution in [-0.4, -0.2) is 27.2 Å². The van der Waals surface area contributed by atoms with E-state index in [0.29, 0.717) is 17.1 Å². The van der Waals surface area contributed by atoms with Crippen molar-refractivity contribution in [2.45, 2.75) is 19.4 Å². The molecule has 0 saturated carbocycles. The molecule has 0 aliphatic heterocycles. The molecule has 2 aromatic rings. The van der Waals surface area contributed by atoms with Crippen LogP contribution in [0.25, 0.3) is 0 Å². The second kappa shape index (κ2) is 8.24. The molecular formula is C19H23NO4. The van der Waals surface area contributed by atoms with Crippen molar-refractivity contribution in [3.8, 4) is 17.2 Å². The zero-order chi connectivity index (χ0) is 17.5. The van der Waals surface area contributed by atoms with E-state index in [9.17, 15) is 4.79 Å². The number of rotatable bonds is 7. The van der Waals surface area contributed by atoms with Gasteiger partial charge >= 0.3 is 0 Å². The van der Waals surface area contributed by atoms with E-state index in [1.54, 1.807) is 32.4 Å². The van der Waals surface area contributed by atoms with Crippen molar-refractivity contribution in [2.24, 2.45) is 0 Å². The first-order valence-electron chi connectivity index (χ1n) is 7.79. The maximum absolute atomic E-state index is 12.6. The largest absolute Gasteiger partial charge is 0.497 e. The van der Waals surface area contributed by atoms with Gasteiger partial charge < -0.3 is 19.5 Å². The van der Waals surface area contributed by atoms with E-state index in [2.05, 4.69) is 5.32 Å². The van der Waals surface area contributed by atoms with Gasteiger partial charge in [0.25, 0.3) is 5.91 Å². The fourth-order valence-corrected chi connectivity index (χ4v) is 2.48. The molecule has 0 fully saturated rings. The van der Waals surface area contributed by atoms with Gasteiger partial charge in [-0.3, -0.25) is 4.79 Å². The lowest BCUT2D eigenvalue weighted by Crippen LogP contribution is -2.28. The summed E-state index contributed by atoms with van der Waals surface area (Å²) in [6.45, 7) is 2.03. The Bertz CT molecular complexity index is 682. The maximum atomic E-state index is 12.6. The van der Waals surface area contributed by atoms with Crippen molar-refractivity contribution in [2.75, 3.05) is 21.3 Å². The average Bonchev–Trinajstić information content (AvgIpc) is 2.65. The fourth-order valence-electron chi connectivity index (χ4n) is 2.48. The third-order valence-electron chi connectivity index (χ3n) is 3.89. The Morgan fingerprint density at radius 3 is 2.12 bits per heavy atom. The van der Waals surface area contributed by atoms with E-state index >= 15 is 0 Å². The van der Waals surface area contributed by atoms with Crippen molar-refractivity contribution in [3.63, 3.8) is 0 Å². The predicted molar refractivity (Wildman–Crippen MR) is 93.0 cm³/mol. The maximum Gasteiger partial charge on any atom is 0.255 e. The molecule has 0 aromatic heterocycles. The van der Waals surface area contributed by atoms with Crippen LogP contribution in [0, 0.1) is 0 Å². The summed E-state index contributed by atoms with van der Waals surface area (Å²) in [6, 6.07) is 12.7. The zero-order valence-electron chi connectivity index (χ0n) is 14.5. The Balaban J connectivity index is 2.19. The van der Waals surface area contributed by atoms with E-state index in [4.69, 9.17) is 14.2 Å². The Labute approximate surface area is 142 Å². The summed E-state index contributed by atoms with van der Waals surface area (Å²) in [6.07, 6.45) is 0.774. The average molecular weight is 329 g/mol. The van der Waals surface area contributed by atoms with Gasteiger partial charge in [-0.25, -0.2) is 0 Å². The van der Waals surface area contributed by atoms with Crippen LogP contribution in [0.4, 0.5) is 0 Å². The van der Waals surface area contributed by atoms with Gasteiger partial charge in [0.1, 0.15) is 17.2 Å². The first kappa shape index (κ1) is 17.7. The lowest BCUT2D eigenvalue weighted by Gasteiger charge is -2.19. The highest BCUT2D eigenvalue weighted by Crippen LogP contribution is 2.26. The molecule has 2 aromatic carbocycles. The molecule has 5 nitrogen and oxygen atoms in total. The Morgan fingerprint density at radius 2 is 1.58 bits per heavy atom. The third-order valence-corrected chi connectivity index (χ3v) is 3.89. The van der Waals surface area contributed by atoms with Gasteiger partial charge in [0.05, 0.1) is 32.9 Å². The molecule has 1 atom stereocenters. The topological polar surface area (TPSA) is 56.8 Å². The van der Waals surface area contributed by atoms with E-state index in [1.165, 1.54) is 7.11 Å². The second-order valence-electron chi connectivity index (χ2n) is 5.27.